The second kappa shape index (κ2) is 9.26. The van der Waals surface area contributed by atoms with Gasteiger partial charge in [-0.1, -0.05) is 0 Å². The number of hydrogen-bond donors (Lipinski definition) is 1. The number of benzene rings is 1. The summed E-state index contributed by atoms with van der Waals surface area (Å²) < 4.78 is 16.5. The lowest BCUT2D eigenvalue weighted by molar-refractivity contribution is 0.324. The summed E-state index contributed by atoms with van der Waals surface area (Å²) >= 11 is 2.02. The zero-order valence-electron chi connectivity index (χ0n) is 16.7. The van der Waals surface area contributed by atoms with E-state index in [1.165, 1.54) is 0 Å². The van der Waals surface area contributed by atoms with E-state index in [4.69, 9.17) is 19.2 Å². The van der Waals surface area contributed by atoms with E-state index >= 15 is 0 Å². The van der Waals surface area contributed by atoms with Crippen LogP contribution in [0.3, 0.4) is 0 Å². The number of nitrogens with zero attached hydrogens (tertiary/aromatic N) is 2. The number of guanidine groups is 1. The standard InChI is InChI=1S/C19H31N3O3S/c1-7-20-18(22-8-9-26-19(2,3)13-22)21-12-14-10-15(23-4)17(25-6)16(11-14)24-5/h10-11H,7-9,12-13H2,1-6H3,(H,20,21). The third-order valence-electron chi connectivity index (χ3n) is 4.20. The Labute approximate surface area is 161 Å². The molecule has 0 spiro atoms. The Morgan fingerprint density at radius 2 is 1.85 bits per heavy atom. The first-order valence-electron chi connectivity index (χ1n) is 8.90. The van der Waals surface area contributed by atoms with Crippen molar-refractivity contribution in [3.8, 4) is 17.2 Å². The molecule has 1 aromatic rings. The zero-order valence-corrected chi connectivity index (χ0v) is 17.5. The number of ether oxygens (including phenoxy) is 3. The van der Waals surface area contributed by atoms with E-state index < -0.39 is 0 Å². The van der Waals surface area contributed by atoms with Crippen LogP contribution < -0.4 is 19.5 Å². The topological polar surface area (TPSA) is 55.3 Å². The highest BCUT2D eigenvalue weighted by Crippen LogP contribution is 2.38. The van der Waals surface area contributed by atoms with Crippen molar-refractivity contribution in [3.63, 3.8) is 0 Å². The molecular weight excluding hydrogens is 350 g/mol. The van der Waals surface area contributed by atoms with Gasteiger partial charge in [0.1, 0.15) is 0 Å². The molecule has 2 rings (SSSR count). The van der Waals surface area contributed by atoms with E-state index in [0.717, 1.165) is 36.9 Å². The molecule has 0 aliphatic carbocycles. The van der Waals surface area contributed by atoms with Gasteiger partial charge < -0.3 is 24.4 Å². The summed E-state index contributed by atoms with van der Waals surface area (Å²) in [5, 5.41) is 3.42. The van der Waals surface area contributed by atoms with Gasteiger partial charge in [-0.2, -0.15) is 11.8 Å². The van der Waals surface area contributed by atoms with Crippen LogP contribution in [0.4, 0.5) is 0 Å². The van der Waals surface area contributed by atoms with Crippen LogP contribution in [0, 0.1) is 0 Å². The van der Waals surface area contributed by atoms with Gasteiger partial charge in [0.05, 0.1) is 27.9 Å². The first-order valence-corrected chi connectivity index (χ1v) is 9.88. The van der Waals surface area contributed by atoms with Crippen LogP contribution in [-0.2, 0) is 6.54 Å². The summed E-state index contributed by atoms with van der Waals surface area (Å²) in [6.45, 7) is 10.0. The smallest absolute Gasteiger partial charge is 0.203 e. The summed E-state index contributed by atoms with van der Waals surface area (Å²) in [6.07, 6.45) is 0. The molecular formula is C19H31N3O3S. The van der Waals surface area contributed by atoms with Gasteiger partial charge in [0.25, 0.3) is 0 Å². The van der Waals surface area contributed by atoms with Crippen molar-refractivity contribution in [1.29, 1.82) is 0 Å². The van der Waals surface area contributed by atoms with E-state index in [1.807, 2.05) is 23.9 Å². The number of methoxy groups -OCH3 is 3. The third kappa shape index (κ3) is 5.13. The molecule has 0 amide bonds. The van der Waals surface area contributed by atoms with E-state index in [2.05, 4.69) is 31.0 Å². The molecule has 6 nitrogen and oxygen atoms in total. The molecule has 7 heteroatoms. The van der Waals surface area contributed by atoms with Crippen LogP contribution in [-0.4, -0.2) is 62.3 Å². The van der Waals surface area contributed by atoms with Crippen molar-refractivity contribution in [3.05, 3.63) is 17.7 Å². The Kier molecular flexibility index (Phi) is 7.32. The van der Waals surface area contributed by atoms with Crippen LogP contribution in [0.15, 0.2) is 17.1 Å². The Morgan fingerprint density at radius 3 is 2.35 bits per heavy atom. The predicted octanol–water partition coefficient (Wildman–Crippen LogP) is 3.01. The molecule has 0 bridgehead atoms. The van der Waals surface area contributed by atoms with Crippen LogP contribution >= 0.6 is 11.8 Å². The van der Waals surface area contributed by atoms with Crippen molar-refractivity contribution >= 4 is 17.7 Å². The van der Waals surface area contributed by atoms with Gasteiger partial charge in [0.15, 0.2) is 17.5 Å². The van der Waals surface area contributed by atoms with Gasteiger partial charge in [-0.05, 0) is 38.5 Å². The van der Waals surface area contributed by atoms with Gasteiger partial charge >= 0.3 is 0 Å². The molecule has 1 aromatic carbocycles. The van der Waals surface area contributed by atoms with Gasteiger partial charge in [0, 0.05) is 30.1 Å². The Balaban J connectivity index is 2.23. The average molecular weight is 382 g/mol. The molecule has 0 atom stereocenters. The lowest BCUT2D eigenvalue weighted by Gasteiger charge is -2.39. The fourth-order valence-corrected chi connectivity index (χ4v) is 4.13. The number of thioether (sulfide) groups is 1. The zero-order chi connectivity index (χ0) is 19.2. The molecule has 1 heterocycles. The van der Waals surface area contributed by atoms with Crippen LogP contribution in [0.1, 0.15) is 26.3 Å². The number of rotatable bonds is 6. The summed E-state index contributed by atoms with van der Waals surface area (Å²) in [5.74, 6) is 3.97. The SMILES string of the molecule is CCNC(=NCc1cc(OC)c(OC)c(OC)c1)N1CCSC(C)(C)C1. The molecule has 0 radical (unpaired) electrons. The number of aliphatic imine (C=N–C) groups is 1. The molecule has 146 valence electrons. The molecule has 1 aliphatic heterocycles. The van der Waals surface area contributed by atoms with Gasteiger partial charge in [-0.3, -0.25) is 0 Å². The minimum absolute atomic E-state index is 0.237. The maximum atomic E-state index is 5.44. The van der Waals surface area contributed by atoms with Crippen molar-refractivity contribution in [2.45, 2.75) is 32.1 Å². The monoisotopic (exact) mass is 381 g/mol. The van der Waals surface area contributed by atoms with Crippen molar-refractivity contribution in [1.82, 2.24) is 10.2 Å². The average Bonchev–Trinajstić information content (AvgIpc) is 2.63. The van der Waals surface area contributed by atoms with Crippen LogP contribution in [0.5, 0.6) is 17.2 Å². The molecule has 1 saturated heterocycles. The maximum absolute atomic E-state index is 5.44. The highest BCUT2D eigenvalue weighted by molar-refractivity contribution is 8.00. The van der Waals surface area contributed by atoms with Crippen molar-refractivity contribution in [2.24, 2.45) is 4.99 Å². The first kappa shape index (κ1) is 20.6. The van der Waals surface area contributed by atoms with Crippen LogP contribution in [0.25, 0.3) is 0 Å². The minimum atomic E-state index is 0.237. The second-order valence-electron chi connectivity index (χ2n) is 6.73. The highest BCUT2D eigenvalue weighted by Gasteiger charge is 2.28. The molecule has 26 heavy (non-hydrogen) atoms. The quantitative estimate of drug-likeness (QED) is 0.604. The minimum Gasteiger partial charge on any atom is -0.493 e. The summed E-state index contributed by atoms with van der Waals surface area (Å²) in [6, 6.07) is 3.90. The summed E-state index contributed by atoms with van der Waals surface area (Å²) in [4.78, 5) is 7.19. The van der Waals surface area contributed by atoms with E-state index in [9.17, 15) is 0 Å². The van der Waals surface area contributed by atoms with Crippen molar-refractivity contribution < 1.29 is 14.2 Å². The normalized spacial score (nSPS) is 17.0. The maximum Gasteiger partial charge on any atom is 0.203 e. The predicted molar refractivity (Wildman–Crippen MR) is 109 cm³/mol. The van der Waals surface area contributed by atoms with Gasteiger partial charge in [-0.15, -0.1) is 0 Å². The van der Waals surface area contributed by atoms with E-state index in [-0.39, 0.29) is 4.75 Å². The van der Waals surface area contributed by atoms with E-state index in [0.29, 0.717) is 23.8 Å². The highest BCUT2D eigenvalue weighted by atomic mass is 32.2. The lowest BCUT2D eigenvalue weighted by Crippen LogP contribution is -2.50. The summed E-state index contributed by atoms with van der Waals surface area (Å²) in [5.41, 5.74) is 1.01. The summed E-state index contributed by atoms with van der Waals surface area (Å²) in [7, 11) is 4.86. The van der Waals surface area contributed by atoms with Crippen LogP contribution in [0.2, 0.25) is 0 Å². The second-order valence-corrected chi connectivity index (χ2v) is 8.54. The molecule has 1 N–H and O–H groups in total. The number of hydrogen-bond acceptors (Lipinski definition) is 5. The van der Waals surface area contributed by atoms with E-state index in [1.54, 1.807) is 21.3 Å². The Hall–Kier alpha value is -1.76. The Bertz CT molecular complexity index is 609. The first-order chi connectivity index (χ1) is 12.4. The lowest BCUT2D eigenvalue weighted by atomic mass is 10.1. The fraction of sp³-hybridized carbons (Fsp3) is 0.632. The molecule has 1 aliphatic rings. The fourth-order valence-electron chi connectivity index (χ4n) is 3.02. The largest absolute Gasteiger partial charge is 0.493 e. The molecule has 0 saturated carbocycles. The van der Waals surface area contributed by atoms with Gasteiger partial charge in [0.2, 0.25) is 5.75 Å². The van der Waals surface area contributed by atoms with Gasteiger partial charge in [-0.25, -0.2) is 4.99 Å². The molecule has 0 aromatic heterocycles. The molecule has 1 fully saturated rings. The van der Waals surface area contributed by atoms with Crippen molar-refractivity contribution in [2.75, 3.05) is 46.7 Å². The Morgan fingerprint density at radius 1 is 1.19 bits per heavy atom. The third-order valence-corrected chi connectivity index (χ3v) is 5.49. The number of nitrogens with one attached hydrogen (secondary N) is 1. The molecule has 0 unspecified atom stereocenters.